The highest BCUT2D eigenvalue weighted by Gasteiger charge is 2.25. The van der Waals surface area contributed by atoms with E-state index in [0.717, 1.165) is 49.2 Å². The fraction of sp³-hybridized carbons (Fsp3) is 0.364. The van der Waals surface area contributed by atoms with Gasteiger partial charge in [0.2, 0.25) is 5.91 Å². The highest BCUT2D eigenvalue weighted by atomic mass is 16.5. The number of amides is 1. The maximum Gasteiger partial charge on any atom is 0.223 e. The van der Waals surface area contributed by atoms with Gasteiger partial charge in [0, 0.05) is 48.4 Å². The van der Waals surface area contributed by atoms with Crippen LogP contribution in [0, 0.1) is 5.92 Å². The van der Waals surface area contributed by atoms with Crippen molar-refractivity contribution in [3.05, 3.63) is 53.6 Å². The minimum absolute atomic E-state index is 0.00902. The van der Waals surface area contributed by atoms with E-state index in [0.29, 0.717) is 17.9 Å². The van der Waals surface area contributed by atoms with E-state index < -0.39 is 0 Å². The third kappa shape index (κ3) is 4.63. The van der Waals surface area contributed by atoms with Gasteiger partial charge in [0.1, 0.15) is 17.8 Å². The largest absolute Gasteiger partial charge is 0.497 e. The first-order valence-electron chi connectivity index (χ1n) is 9.43. The number of nitrogens with one attached hydrogen (secondary N) is 1. The Morgan fingerprint density at radius 1 is 1.11 bits per heavy atom. The smallest absolute Gasteiger partial charge is 0.223 e. The molecule has 1 fully saturated rings. The van der Waals surface area contributed by atoms with Crippen LogP contribution in [0.5, 0.6) is 11.5 Å². The first-order valence-corrected chi connectivity index (χ1v) is 9.43. The van der Waals surface area contributed by atoms with Gasteiger partial charge in [0.15, 0.2) is 0 Å². The van der Waals surface area contributed by atoms with Gasteiger partial charge in [-0.15, -0.1) is 0 Å². The van der Waals surface area contributed by atoms with E-state index in [1.807, 2.05) is 42.5 Å². The number of carbonyl (C=O) groups is 2. The second-order valence-corrected chi connectivity index (χ2v) is 6.87. The van der Waals surface area contributed by atoms with Crippen molar-refractivity contribution in [2.45, 2.75) is 19.4 Å². The van der Waals surface area contributed by atoms with Crippen molar-refractivity contribution in [3.8, 4) is 11.5 Å². The summed E-state index contributed by atoms with van der Waals surface area (Å²) in [5.41, 5.74) is 2.68. The van der Waals surface area contributed by atoms with Crippen LogP contribution in [0.4, 0.5) is 5.69 Å². The summed E-state index contributed by atoms with van der Waals surface area (Å²) in [6, 6.07) is 13.1. The average Bonchev–Trinajstić information content (AvgIpc) is 2.77. The Bertz CT molecular complexity index is 812. The van der Waals surface area contributed by atoms with Crippen molar-refractivity contribution in [2.75, 3.05) is 32.2 Å². The molecule has 6 heteroatoms. The van der Waals surface area contributed by atoms with Crippen LogP contribution in [0.1, 0.15) is 28.8 Å². The molecule has 1 saturated heterocycles. The lowest BCUT2D eigenvalue weighted by atomic mass is 9.95. The molecule has 0 spiro atoms. The van der Waals surface area contributed by atoms with Gasteiger partial charge in [-0.05, 0) is 49.2 Å². The molecular weight excluding hydrogens is 356 g/mol. The predicted molar refractivity (Wildman–Crippen MR) is 108 cm³/mol. The van der Waals surface area contributed by atoms with Crippen molar-refractivity contribution >= 4 is 17.9 Å². The third-order valence-corrected chi connectivity index (χ3v) is 5.21. The lowest BCUT2D eigenvalue weighted by Gasteiger charge is -2.33. The van der Waals surface area contributed by atoms with Crippen molar-refractivity contribution in [2.24, 2.45) is 5.92 Å². The van der Waals surface area contributed by atoms with E-state index in [1.54, 1.807) is 14.2 Å². The zero-order valence-electron chi connectivity index (χ0n) is 16.3. The van der Waals surface area contributed by atoms with E-state index in [2.05, 4.69) is 10.2 Å². The molecule has 148 valence electrons. The molecule has 0 radical (unpaired) electrons. The molecule has 1 N–H and O–H groups in total. The highest BCUT2D eigenvalue weighted by molar-refractivity contribution is 5.79. The Kier molecular flexibility index (Phi) is 6.53. The maximum atomic E-state index is 12.6. The minimum atomic E-state index is 0.00902. The lowest BCUT2D eigenvalue weighted by Crippen LogP contribution is -2.40. The molecule has 0 aliphatic carbocycles. The molecule has 28 heavy (non-hydrogen) atoms. The summed E-state index contributed by atoms with van der Waals surface area (Å²) in [5, 5.41) is 3.03. The van der Waals surface area contributed by atoms with Crippen LogP contribution in [0.3, 0.4) is 0 Å². The average molecular weight is 382 g/mol. The number of ether oxygens (including phenoxy) is 2. The first-order chi connectivity index (χ1) is 13.6. The van der Waals surface area contributed by atoms with Gasteiger partial charge >= 0.3 is 0 Å². The Morgan fingerprint density at radius 3 is 2.43 bits per heavy atom. The number of benzene rings is 2. The number of methoxy groups -OCH3 is 2. The predicted octanol–water partition coefficient (Wildman–Crippen LogP) is 3.05. The zero-order chi connectivity index (χ0) is 19.9. The van der Waals surface area contributed by atoms with E-state index in [1.165, 1.54) is 0 Å². The molecule has 0 aromatic heterocycles. The summed E-state index contributed by atoms with van der Waals surface area (Å²) >= 11 is 0. The SMILES string of the molecule is COc1ccc(CNC(=O)C2CCN(c3ccc(C=O)cc3)CC2)c(OC)c1. The Hall–Kier alpha value is -3.02. The molecule has 2 aromatic carbocycles. The second-order valence-electron chi connectivity index (χ2n) is 6.87. The maximum absolute atomic E-state index is 12.6. The highest BCUT2D eigenvalue weighted by Crippen LogP contribution is 2.26. The fourth-order valence-electron chi connectivity index (χ4n) is 3.49. The van der Waals surface area contributed by atoms with Crippen LogP contribution < -0.4 is 19.7 Å². The van der Waals surface area contributed by atoms with Crippen LogP contribution in [0.2, 0.25) is 0 Å². The van der Waals surface area contributed by atoms with Crippen molar-refractivity contribution in [1.29, 1.82) is 0 Å². The minimum Gasteiger partial charge on any atom is -0.497 e. The van der Waals surface area contributed by atoms with Crippen LogP contribution in [-0.4, -0.2) is 39.5 Å². The van der Waals surface area contributed by atoms with Gasteiger partial charge < -0.3 is 19.7 Å². The summed E-state index contributed by atoms with van der Waals surface area (Å²) in [6.45, 7) is 2.08. The first kappa shape index (κ1) is 19.7. The topological polar surface area (TPSA) is 67.9 Å². The third-order valence-electron chi connectivity index (χ3n) is 5.21. The Morgan fingerprint density at radius 2 is 1.82 bits per heavy atom. The van der Waals surface area contributed by atoms with Gasteiger partial charge in [-0.2, -0.15) is 0 Å². The number of piperidine rings is 1. The van der Waals surface area contributed by atoms with Crippen LogP contribution in [0.15, 0.2) is 42.5 Å². The van der Waals surface area contributed by atoms with Crippen LogP contribution in [-0.2, 0) is 11.3 Å². The molecule has 0 saturated carbocycles. The Labute approximate surface area is 165 Å². The molecule has 1 aliphatic heterocycles. The second kappa shape index (κ2) is 9.26. The molecule has 1 aliphatic rings. The quantitative estimate of drug-likeness (QED) is 0.746. The number of hydrogen-bond acceptors (Lipinski definition) is 5. The molecule has 2 aromatic rings. The number of nitrogens with zero attached hydrogens (tertiary/aromatic N) is 1. The van der Waals surface area contributed by atoms with Gasteiger partial charge in [0.25, 0.3) is 0 Å². The van der Waals surface area contributed by atoms with E-state index >= 15 is 0 Å². The molecule has 0 unspecified atom stereocenters. The summed E-state index contributed by atoms with van der Waals surface area (Å²) in [7, 11) is 3.22. The van der Waals surface area contributed by atoms with Crippen molar-refractivity contribution < 1.29 is 19.1 Å². The van der Waals surface area contributed by atoms with E-state index in [9.17, 15) is 9.59 Å². The van der Waals surface area contributed by atoms with E-state index in [-0.39, 0.29) is 11.8 Å². The number of hydrogen-bond donors (Lipinski definition) is 1. The van der Waals surface area contributed by atoms with Crippen molar-refractivity contribution in [1.82, 2.24) is 5.32 Å². The normalized spacial score (nSPS) is 14.4. The standard InChI is InChI=1S/C22H26N2O4/c1-27-20-8-5-18(21(13-20)28-2)14-23-22(26)17-9-11-24(12-10-17)19-6-3-16(15-25)4-7-19/h3-8,13,15,17H,9-12,14H2,1-2H3,(H,23,26). The molecule has 1 amide bonds. The summed E-state index contributed by atoms with van der Waals surface area (Å²) in [4.78, 5) is 25.6. The van der Waals surface area contributed by atoms with Crippen molar-refractivity contribution in [3.63, 3.8) is 0 Å². The number of aldehydes is 1. The molecule has 0 bridgehead atoms. The number of carbonyl (C=O) groups excluding carboxylic acids is 2. The van der Waals surface area contributed by atoms with Crippen LogP contribution >= 0.6 is 0 Å². The molecular formula is C22H26N2O4. The molecule has 0 atom stereocenters. The number of anilines is 1. The van der Waals surface area contributed by atoms with Gasteiger partial charge in [-0.1, -0.05) is 0 Å². The zero-order valence-corrected chi connectivity index (χ0v) is 16.3. The van der Waals surface area contributed by atoms with Crippen LogP contribution in [0.25, 0.3) is 0 Å². The molecule has 6 nitrogen and oxygen atoms in total. The monoisotopic (exact) mass is 382 g/mol. The summed E-state index contributed by atoms with van der Waals surface area (Å²) in [6.07, 6.45) is 2.46. The molecule has 1 heterocycles. The van der Waals surface area contributed by atoms with Gasteiger partial charge in [0.05, 0.1) is 14.2 Å². The van der Waals surface area contributed by atoms with Gasteiger partial charge in [-0.3, -0.25) is 9.59 Å². The fourth-order valence-corrected chi connectivity index (χ4v) is 3.49. The Balaban J connectivity index is 1.52. The lowest BCUT2D eigenvalue weighted by molar-refractivity contribution is -0.125. The summed E-state index contributed by atoms with van der Waals surface area (Å²) < 4.78 is 10.6. The van der Waals surface area contributed by atoms with Gasteiger partial charge in [-0.25, -0.2) is 0 Å². The molecule has 3 rings (SSSR count). The summed E-state index contributed by atoms with van der Waals surface area (Å²) in [5.74, 6) is 1.51. The van der Waals surface area contributed by atoms with E-state index in [4.69, 9.17) is 9.47 Å². The number of rotatable bonds is 7.